The second kappa shape index (κ2) is 5.09. The minimum atomic E-state index is -1.34. The van der Waals surface area contributed by atoms with Crippen LogP contribution < -0.4 is 5.73 Å². The van der Waals surface area contributed by atoms with Gasteiger partial charge in [0.1, 0.15) is 16.3 Å². The largest absolute Gasteiger partial charge is 0.430 e. The average molecular weight is 286 g/mol. The van der Waals surface area contributed by atoms with Crippen molar-refractivity contribution in [1.29, 1.82) is 0 Å². The van der Waals surface area contributed by atoms with Gasteiger partial charge in [0.15, 0.2) is 5.58 Å². The highest BCUT2D eigenvalue weighted by Crippen LogP contribution is 2.27. The summed E-state index contributed by atoms with van der Waals surface area (Å²) in [5.74, 6) is 0. The van der Waals surface area contributed by atoms with Crippen LogP contribution in [0.3, 0.4) is 0 Å². The fourth-order valence-corrected chi connectivity index (χ4v) is 3.07. The molecule has 2 N–H and O–H groups in total. The summed E-state index contributed by atoms with van der Waals surface area (Å²) in [4.78, 5) is 4.28. The second-order valence-corrected chi connectivity index (χ2v) is 6.21. The van der Waals surface area contributed by atoms with Crippen molar-refractivity contribution in [3.63, 3.8) is 0 Å². The summed E-state index contributed by atoms with van der Waals surface area (Å²) in [5.41, 5.74) is 8.52. The topological polar surface area (TPSA) is 69.1 Å². The van der Waals surface area contributed by atoms with Crippen molar-refractivity contribution >= 4 is 27.6 Å². The summed E-state index contributed by atoms with van der Waals surface area (Å²) in [6, 6.07) is 14.9. The highest BCUT2D eigenvalue weighted by atomic mass is 32.2. The van der Waals surface area contributed by atoms with Gasteiger partial charge in [-0.25, -0.2) is 9.19 Å². The maximum absolute atomic E-state index is 12.5. The van der Waals surface area contributed by atoms with E-state index < -0.39 is 10.8 Å². The Kier molecular flexibility index (Phi) is 3.28. The van der Waals surface area contributed by atoms with Gasteiger partial charge in [-0.3, -0.25) is 0 Å². The van der Waals surface area contributed by atoms with Gasteiger partial charge in [0.05, 0.1) is 5.25 Å². The molecule has 20 heavy (non-hydrogen) atoms. The summed E-state index contributed by atoms with van der Waals surface area (Å²) in [5, 5.41) is 0.0589. The van der Waals surface area contributed by atoms with Crippen molar-refractivity contribution < 1.29 is 8.63 Å². The first-order valence-corrected chi connectivity index (χ1v) is 7.48. The minimum absolute atomic E-state index is 0.179. The molecular formula is C15H14N2O2S. The van der Waals surface area contributed by atoms with E-state index in [4.69, 9.17) is 10.2 Å². The van der Waals surface area contributed by atoms with Gasteiger partial charge >= 0.3 is 0 Å². The molecule has 5 heteroatoms. The van der Waals surface area contributed by atoms with Crippen molar-refractivity contribution in [1.82, 2.24) is 4.98 Å². The van der Waals surface area contributed by atoms with Gasteiger partial charge in [-0.1, -0.05) is 30.3 Å². The van der Waals surface area contributed by atoms with E-state index in [0.717, 1.165) is 5.56 Å². The summed E-state index contributed by atoms with van der Waals surface area (Å²) < 4.78 is 18.1. The van der Waals surface area contributed by atoms with E-state index in [1.54, 1.807) is 18.2 Å². The third-order valence-corrected chi connectivity index (χ3v) is 4.59. The van der Waals surface area contributed by atoms with Crippen LogP contribution in [-0.4, -0.2) is 9.19 Å². The lowest BCUT2D eigenvalue weighted by Gasteiger charge is -2.08. The third kappa shape index (κ3) is 2.32. The first-order valence-electron chi connectivity index (χ1n) is 6.27. The zero-order valence-electron chi connectivity index (χ0n) is 10.9. The van der Waals surface area contributed by atoms with Crippen molar-refractivity contribution in [3.05, 3.63) is 54.1 Å². The van der Waals surface area contributed by atoms with E-state index in [2.05, 4.69) is 4.98 Å². The Morgan fingerprint density at radius 2 is 1.95 bits per heavy atom. The normalized spacial score (nSPS) is 14.2. The van der Waals surface area contributed by atoms with Gasteiger partial charge in [0.25, 0.3) is 5.22 Å². The lowest BCUT2D eigenvalue weighted by atomic mass is 10.2. The molecule has 1 aromatic heterocycles. The van der Waals surface area contributed by atoms with Gasteiger partial charge < -0.3 is 10.2 Å². The highest BCUT2D eigenvalue weighted by molar-refractivity contribution is 7.85. The molecule has 2 atom stereocenters. The van der Waals surface area contributed by atoms with Gasteiger partial charge in [-0.15, -0.1) is 0 Å². The molecule has 0 radical (unpaired) electrons. The van der Waals surface area contributed by atoms with E-state index in [1.165, 1.54) is 0 Å². The number of hydrogen-bond donors (Lipinski definition) is 1. The van der Waals surface area contributed by atoms with Crippen LogP contribution in [0, 0.1) is 0 Å². The van der Waals surface area contributed by atoms with Gasteiger partial charge in [0.2, 0.25) is 0 Å². The number of rotatable bonds is 3. The van der Waals surface area contributed by atoms with E-state index in [1.807, 2.05) is 37.3 Å². The Morgan fingerprint density at radius 1 is 1.20 bits per heavy atom. The monoisotopic (exact) mass is 286 g/mol. The van der Waals surface area contributed by atoms with E-state index in [9.17, 15) is 4.21 Å². The number of anilines is 1. The zero-order chi connectivity index (χ0) is 14.1. The summed E-state index contributed by atoms with van der Waals surface area (Å²) >= 11 is 0. The van der Waals surface area contributed by atoms with Crippen LogP contribution in [0.25, 0.3) is 11.1 Å². The van der Waals surface area contributed by atoms with Crippen molar-refractivity contribution in [3.8, 4) is 0 Å². The van der Waals surface area contributed by atoms with Crippen LogP contribution >= 0.6 is 0 Å². The zero-order valence-corrected chi connectivity index (χ0v) is 11.8. The average Bonchev–Trinajstić information content (AvgIpc) is 2.89. The van der Waals surface area contributed by atoms with E-state index in [-0.39, 0.29) is 10.5 Å². The SMILES string of the molecule is CC(c1ccccc1)S(=O)c1nc2ccc(N)cc2o1. The predicted molar refractivity (Wildman–Crippen MR) is 79.7 cm³/mol. The highest BCUT2D eigenvalue weighted by Gasteiger charge is 2.20. The first-order chi connectivity index (χ1) is 9.65. The second-order valence-electron chi connectivity index (χ2n) is 4.56. The Labute approximate surface area is 119 Å². The first kappa shape index (κ1) is 12.9. The van der Waals surface area contributed by atoms with Crippen LogP contribution in [-0.2, 0) is 10.8 Å². The van der Waals surface area contributed by atoms with Crippen LogP contribution in [0.4, 0.5) is 5.69 Å². The third-order valence-electron chi connectivity index (χ3n) is 3.16. The number of aromatic nitrogens is 1. The molecule has 0 spiro atoms. The van der Waals surface area contributed by atoms with Crippen LogP contribution in [0.2, 0.25) is 0 Å². The van der Waals surface area contributed by atoms with E-state index in [0.29, 0.717) is 16.8 Å². The van der Waals surface area contributed by atoms with Gasteiger partial charge in [-0.05, 0) is 24.6 Å². The molecule has 0 bridgehead atoms. The van der Waals surface area contributed by atoms with Gasteiger partial charge in [-0.2, -0.15) is 0 Å². The lowest BCUT2D eigenvalue weighted by Crippen LogP contribution is -2.03. The number of fused-ring (bicyclic) bond motifs is 1. The lowest BCUT2D eigenvalue weighted by molar-refractivity contribution is 0.476. The van der Waals surface area contributed by atoms with E-state index >= 15 is 0 Å². The number of oxazole rings is 1. The predicted octanol–water partition coefficient (Wildman–Crippen LogP) is 3.28. The fraction of sp³-hybridized carbons (Fsp3) is 0.133. The molecule has 1 heterocycles. The smallest absolute Gasteiger partial charge is 0.288 e. The molecule has 2 unspecified atom stereocenters. The number of nitrogens with zero attached hydrogens (tertiary/aromatic N) is 1. The summed E-state index contributed by atoms with van der Waals surface area (Å²) in [7, 11) is -1.34. The maximum atomic E-state index is 12.5. The minimum Gasteiger partial charge on any atom is -0.430 e. The van der Waals surface area contributed by atoms with Crippen LogP contribution in [0.5, 0.6) is 0 Å². The van der Waals surface area contributed by atoms with Crippen LogP contribution in [0.1, 0.15) is 17.7 Å². The Bertz CT molecular complexity index is 768. The number of benzene rings is 2. The maximum Gasteiger partial charge on any atom is 0.288 e. The van der Waals surface area contributed by atoms with Crippen LogP contribution in [0.15, 0.2) is 58.2 Å². The van der Waals surface area contributed by atoms with Crippen molar-refractivity contribution in [2.24, 2.45) is 0 Å². The quantitative estimate of drug-likeness (QED) is 0.750. The molecule has 0 amide bonds. The van der Waals surface area contributed by atoms with Crippen molar-refractivity contribution in [2.45, 2.75) is 17.4 Å². The molecule has 3 rings (SSSR count). The molecule has 102 valence electrons. The number of nitrogens with two attached hydrogens (primary N) is 1. The van der Waals surface area contributed by atoms with Crippen molar-refractivity contribution in [2.75, 3.05) is 5.73 Å². The summed E-state index contributed by atoms with van der Waals surface area (Å²) in [6.07, 6.45) is 0. The Balaban J connectivity index is 1.96. The molecule has 0 aliphatic heterocycles. The standard InChI is InChI=1S/C15H14N2O2S/c1-10(11-5-3-2-4-6-11)20(18)15-17-13-8-7-12(16)9-14(13)19-15/h2-10H,16H2,1H3. The molecule has 0 aliphatic rings. The molecular weight excluding hydrogens is 272 g/mol. The molecule has 0 aliphatic carbocycles. The molecule has 4 nitrogen and oxygen atoms in total. The molecule has 3 aromatic rings. The van der Waals surface area contributed by atoms with Gasteiger partial charge in [0, 0.05) is 11.8 Å². The molecule has 0 saturated carbocycles. The number of nitrogen functional groups attached to an aromatic ring is 1. The molecule has 0 saturated heterocycles. The summed E-state index contributed by atoms with van der Waals surface area (Å²) in [6.45, 7) is 1.90. The number of hydrogen-bond acceptors (Lipinski definition) is 4. The molecule has 0 fully saturated rings. The fourth-order valence-electron chi connectivity index (χ4n) is 2.00. The Hall–Kier alpha value is -2.14. The molecule has 2 aromatic carbocycles. The Morgan fingerprint density at radius 3 is 2.70 bits per heavy atom.